The van der Waals surface area contributed by atoms with Gasteiger partial charge in [0.05, 0.1) is 29.4 Å². The Morgan fingerprint density at radius 2 is 1.69 bits per heavy atom. The number of cyclic esters (lactones) is 1. The smallest absolute Gasteiger partial charge is 0.410 e. The summed E-state index contributed by atoms with van der Waals surface area (Å²) in [4.78, 5) is 86.2. The Labute approximate surface area is 376 Å². The lowest BCUT2D eigenvalue weighted by Gasteiger charge is -2.47. The van der Waals surface area contributed by atoms with Crippen LogP contribution in [0.25, 0.3) is 10.9 Å². The first-order valence-corrected chi connectivity index (χ1v) is 23.0. The maximum absolute atomic E-state index is 14.8. The lowest BCUT2D eigenvalue weighted by molar-refractivity contribution is -0.295. The van der Waals surface area contributed by atoms with E-state index in [4.69, 9.17) is 29.4 Å². The largest absolute Gasteiger partial charge is 0.458 e. The molecule has 3 N–H and O–H groups in total. The number of benzene rings is 1. The molecule has 2 aromatic rings. The third-order valence-corrected chi connectivity index (χ3v) is 14.6. The van der Waals surface area contributed by atoms with E-state index in [2.05, 4.69) is 0 Å². The highest BCUT2D eigenvalue weighted by Gasteiger charge is 2.60. The highest BCUT2D eigenvalue weighted by molar-refractivity contribution is 6.00. The normalized spacial score (nSPS) is 35.6. The highest BCUT2D eigenvalue weighted by Crippen LogP contribution is 2.43. The number of methoxy groups -OCH3 is 1. The molecule has 4 heterocycles. The quantitative estimate of drug-likeness (QED) is 0.164. The topological polar surface area (TPSA) is 206 Å². The maximum atomic E-state index is 14.8. The van der Waals surface area contributed by atoms with Gasteiger partial charge in [0.1, 0.15) is 29.5 Å². The number of carbonyl (C=O) groups excluding carboxylic acids is 5. The predicted octanol–water partition coefficient (Wildman–Crippen LogP) is 4.96. The zero-order valence-corrected chi connectivity index (χ0v) is 39.5. The highest BCUT2D eigenvalue weighted by atomic mass is 16.7. The number of nitrogens with zero attached hydrogens (tertiary/aromatic N) is 3. The molecule has 16 heteroatoms. The number of pyridine rings is 1. The van der Waals surface area contributed by atoms with Crippen molar-refractivity contribution in [3.8, 4) is 0 Å². The van der Waals surface area contributed by atoms with Crippen LogP contribution in [0.4, 0.5) is 4.79 Å². The summed E-state index contributed by atoms with van der Waals surface area (Å²) in [5.41, 5.74) is 4.01. The number of hydrogen-bond acceptors (Lipinski definition) is 13. The van der Waals surface area contributed by atoms with Gasteiger partial charge in [0.2, 0.25) is 5.43 Å². The number of aliphatic hydroxyl groups is 1. The van der Waals surface area contributed by atoms with Crippen LogP contribution < -0.4 is 11.2 Å². The standard InChI is InChI=1S/C48H70N4O12/c1-12-36-48(8)41(51(46(59)64-48)20-14-13-15-30-16-19-34-32(22-30)39(55)33(43(49)57)24-52(34)31-17-18-31)27(4)37(53)25(2)23-47(7,60-11)42(28(5)38(54)29(6)44(58)62-36)63-45-40(56)35(50(9)10)21-26(3)61-45/h16,19,22,24-29,31,35-36,40-42,45,56H,12-15,17-18,20-21,23H2,1-11H3,(H2,49,57)/t25-,26-,27+,28+,29-,35+,36-,40-,41-,42-,45+,47-,48-/m1/s1. The van der Waals surface area contributed by atoms with E-state index < -0.39 is 94.7 Å². The molecule has 1 aromatic heterocycles. The van der Waals surface area contributed by atoms with Gasteiger partial charge in [-0.05, 0) is 111 Å². The molecular weight excluding hydrogens is 825 g/mol. The number of fused-ring (bicyclic) bond motifs is 2. The van der Waals surface area contributed by atoms with E-state index in [9.17, 15) is 33.9 Å². The Morgan fingerprint density at radius 3 is 2.30 bits per heavy atom. The van der Waals surface area contributed by atoms with E-state index in [1.165, 1.54) is 14.0 Å². The summed E-state index contributed by atoms with van der Waals surface area (Å²) in [6.07, 6.45) is 0.806. The van der Waals surface area contributed by atoms with Gasteiger partial charge in [-0.1, -0.05) is 33.8 Å². The monoisotopic (exact) mass is 894 g/mol. The van der Waals surface area contributed by atoms with Crippen LogP contribution in [0, 0.1) is 23.7 Å². The summed E-state index contributed by atoms with van der Waals surface area (Å²) in [6.45, 7) is 14.0. The Kier molecular flexibility index (Phi) is 14.9. The van der Waals surface area contributed by atoms with Crippen molar-refractivity contribution in [3.63, 3.8) is 0 Å². The number of amides is 2. The SMILES string of the molecule is CC[C@H]1OC(=O)[C@H](C)C(=O)[C@H](C)[C@@H](O[C@@H]2O[C@H](C)C[C@H](N(C)C)[C@H]2O)[C@](C)(OC)C[C@@H](C)C(=O)[C@H](C)[C@H]2N(CCCCc3ccc4c(c3)c(=O)c(C(N)=O)cn4C3CC3)C(=O)O[C@]12C. The molecule has 0 spiro atoms. The number of ketones is 2. The Balaban J connectivity index is 1.28. The fourth-order valence-electron chi connectivity index (χ4n) is 10.7. The lowest BCUT2D eigenvalue weighted by Crippen LogP contribution is -2.60. The minimum Gasteiger partial charge on any atom is -0.458 e. The van der Waals surface area contributed by atoms with Crippen LogP contribution >= 0.6 is 0 Å². The third kappa shape index (κ3) is 9.53. The fourth-order valence-corrected chi connectivity index (χ4v) is 10.7. The van der Waals surface area contributed by atoms with Gasteiger partial charge in [0.15, 0.2) is 17.7 Å². The van der Waals surface area contributed by atoms with Crippen LogP contribution in [0.3, 0.4) is 0 Å². The van der Waals surface area contributed by atoms with E-state index >= 15 is 0 Å². The molecule has 0 radical (unpaired) electrons. The van der Waals surface area contributed by atoms with E-state index in [-0.39, 0.29) is 48.9 Å². The molecule has 354 valence electrons. The zero-order valence-electron chi connectivity index (χ0n) is 39.5. The molecule has 0 unspecified atom stereocenters. The lowest BCUT2D eigenvalue weighted by atomic mass is 9.73. The first-order valence-electron chi connectivity index (χ1n) is 23.0. The first kappa shape index (κ1) is 49.2. The Bertz CT molecular complexity index is 2160. The number of aliphatic hydroxyl groups excluding tert-OH is 1. The third-order valence-electron chi connectivity index (χ3n) is 14.6. The molecule has 2 amide bonds. The first-order chi connectivity index (χ1) is 30.1. The molecule has 64 heavy (non-hydrogen) atoms. The molecule has 4 fully saturated rings. The van der Waals surface area contributed by atoms with Crippen molar-refractivity contribution in [3.05, 3.63) is 45.7 Å². The number of carbonyl (C=O) groups is 5. The molecule has 16 nitrogen and oxygen atoms in total. The predicted molar refractivity (Wildman–Crippen MR) is 237 cm³/mol. The van der Waals surface area contributed by atoms with Crippen LogP contribution in [0.2, 0.25) is 0 Å². The van der Waals surface area contributed by atoms with Crippen LogP contribution in [-0.4, -0.2) is 131 Å². The number of Topliss-reactive ketones (excluding diaryl/α,β-unsaturated/α-hetero) is 2. The molecule has 13 atom stereocenters. The van der Waals surface area contributed by atoms with Gasteiger partial charge < -0.3 is 48.9 Å². The maximum Gasteiger partial charge on any atom is 0.410 e. The second-order valence-corrected chi connectivity index (χ2v) is 19.6. The van der Waals surface area contributed by atoms with Crippen molar-refractivity contribution in [2.75, 3.05) is 27.7 Å². The number of nitrogens with two attached hydrogens (primary N) is 1. The number of hydrogen-bond donors (Lipinski definition) is 2. The van der Waals surface area contributed by atoms with Crippen LogP contribution in [-0.2, 0) is 44.5 Å². The van der Waals surface area contributed by atoms with Crippen molar-refractivity contribution >= 4 is 40.4 Å². The molecule has 1 aromatic carbocycles. The summed E-state index contributed by atoms with van der Waals surface area (Å²) in [5.74, 6) is -5.98. The number of likely N-dealkylation sites (N-methyl/N-ethyl adjacent to an activating group) is 1. The summed E-state index contributed by atoms with van der Waals surface area (Å²) >= 11 is 0. The van der Waals surface area contributed by atoms with Gasteiger partial charge in [-0.3, -0.25) is 24.0 Å². The van der Waals surface area contributed by atoms with Gasteiger partial charge >= 0.3 is 12.1 Å². The summed E-state index contributed by atoms with van der Waals surface area (Å²) in [6, 6.07) is 4.74. The molecule has 3 aliphatic heterocycles. The molecule has 1 aliphatic carbocycles. The molecule has 1 saturated carbocycles. The molecule has 3 saturated heterocycles. The Hall–Kier alpha value is -4.22. The van der Waals surface area contributed by atoms with Gasteiger partial charge in [-0.25, -0.2) is 4.79 Å². The van der Waals surface area contributed by atoms with Gasteiger partial charge in [-0.15, -0.1) is 0 Å². The second kappa shape index (κ2) is 19.3. The zero-order chi connectivity index (χ0) is 47.2. The second-order valence-electron chi connectivity index (χ2n) is 19.6. The van der Waals surface area contributed by atoms with Crippen molar-refractivity contribution in [2.45, 2.75) is 167 Å². The molecular formula is C48H70N4O12. The number of esters is 1. The van der Waals surface area contributed by atoms with E-state index in [0.717, 1.165) is 23.9 Å². The minimum atomic E-state index is -1.46. The number of aromatic nitrogens is 1. The molecule has 6 rings (SSSR count). The van der Waals surface area contributed by atoms with Crippen molar-refractivity contribution in [1.82, 2.24) is 14.4 Å². The van der Waals surface area contributed by atoms with Gasteiger partial charge in [-0.2, -0.15) is 0 Å². The number of rotatable bonds is 12. The van der Waals surface area contributed by atoms with Crippen molar-refractivity contribution in [2.24, 2.45) is 29.4 Å². The summed E-state index contributed by atoms with van der Waals surface area (Å²) in [5, 5.41) is 11.9. The van der Waals surface area contributed by atoms with Gasteiger partial charge in [0.25, 0.3) is 5.91 Å². The van der Waals surface area contributed by atoms with E-state index in [0.29, 0.717) is 31.1 Å². The van der Waals surface area contributed by atoms with E-state index in [1.54, 1.807) is 52.6 Å². The summed E-state index contributed by atoms with van der Waals surface area (Å²) < 4.78 is 33.2. The van der Waals surface area contributed by atoms with E-state index in [1.807, 2.05) is 48.7 Å². The van der Waals surface area contributed by atoms with Crippen molar-refractivity contribution < 1.29 is 52.8 Å². The van der Waals surface area contributed by atoms with Crippen molar-refractivity contribution in [1.29, 1.82) is 0 Å². The minimum absolute atomic E-state index is 0.0399. The fraction of sp³-hybridized carbons (Fsp3) is 0.708. The summed E-state index contributed by atoms with van der Waals surface area (Å²) in [7, 11) is 5.20. The van der Waals surface area contributed by atoms with Crippen LogP contribution in [0.5, 0.6) is 0 Å². The Morgan fingerprint density at radius 1 is 1.00 bits per heavy atom. The molecule has 0 bridgehead atoms. The number of ether oxygens (including phenoxy) is 5. The molecule has 4 aliphatic rings. The number of primary amides is 1. The average Bonchev–Trinajstić information content (AvgIpc) is 4.06. The van der Waals surface area contributed by atoms with Crippen LogP contribution in [0.1, 0.15) is 122 Å². The van der Waals surface area contributed by atoms with Crippen LogP contribution in [0.15, 0.2) is 29.2 Å². The number of unbranched alkanes of at least 4 members (excludes halogenated alkanes) is 1. The van der Waals surface area contributed by atoms with Gasteiger partial charge in [0, 0.05) is 55.1 Å². The average molecular weight is 895 g/mol. The number of aryl methyl sites for hydroxylation is 1.